The van der Waals surface area contributed by atoms with Gasteiger partial charge in [-0.1, -0.05) is 42.5 Å². The molecule has 23 heavy (non-hydrogen) atoms. The van der Waals surface area contributed by atoms with Crippen LogP contribution in [-0.2, 0) is 14.3 Å². The summed E-state index contributed by atoms with van der Waals surface area (Å²) in [5.41, 5.74) is 6.82. The average Bonchev–Trinajstić information content (AvgIpc) is 2.60. The second-order valence-corrected chi connectivity index (χ2v) is 4.70. The molecule has 0 atom stereocenters. The Kier molecular flexibility index (Phi) is 5.46. The van der Waals surface area contributed by atoms with Crippen molar-refractivity contribution in [1.29, 1.82) is 0 Å². The Morgan fingerprint density at radius 3 is 2.09 bits per heavy atom. The highest BCUT2D eigenvalue weighted by molar-refractivity contribution is 5.98. The average molecular weight is 312 g/mol. The van der Waals surface area contributed by atoms with Gasteiger partial charge < -0.3 is 4.74 Å². The Bertz CT molecular complexity index is 696. The van der Waals surface area contributed by atoms with E-state index in [0.717, 1.165) is 11.1 Å². The van der Waals surface area contributed by atoms with Crippen LogP contribution in [0.15, 0.2) is 54.6 Å². The molecule has 118 valence electrons. The molecule has 6 nitrogen and oxygen atoms in total. The number of carbonyl (C=O) groups excluding carboxylic acids is 3. The molecule has 0 saturated heterocycles. The molecule has 0 heterocycles. The predicted molar refractivity (Wildman–Crippen MR) is 84.1 cm³/mol. The maximum absolute atomic E-state index is 11.9. The summed E-state index contributed by atoms with van der Waals surface area (Å²) in [5.74, 6) is -1.79. The predicted octanol–water partition coefficient (Wildman–Crippen LogP) is 1.68. The lowest BCUT2D eigenvalue weighted by molar-refractivity contribution is -0.144. The fourth-order valence-corrected chi connectivity index (χ4v) is 1.89. The number of amides is 2. The number of methoxy groups -OCH3 is 1. The lowest BCUT2D eigenvalue weighted by Crippen LogP contribution is -2.42. The van der Waals surface area contributed by atoms with Crippen molar-refractivity contribution in [2.45, 2.75) is 6.42 Å². The van der Waals surface area contributed by atoms with Gasteiger partial charge in [-0.15, -0.1) is 0 Å². The van der Waals surface area contributed by atoms with Crippen LogP contribution >= 0.6 is 0 Å². The molecular weight excluding hydrogens is 296 g/mol. The van der Waals surface area contributed by atoms with E-state index in [1.165, 1.54) is 7.11 Å². The van der Waals surface area contributed by atoms with Crippen LogP contribution in [0.3, 0.4) is 0 Å². The summed E-state index contributed by atoms with van der Waals surface area (Å²) < 4.78 is 4.36. The van der Waals surface area contributed by atoms with Crippen molar-refractivity contribution >= 4 is 17.8 Å². The second-order valence-electron chi connectivity index (χ2n) is 4.70. The van der Waals surface area contributed by atoms with Gasteiger partial charge in [-0.3, -0.25) is 25.2 Å². The summed E-state index contributed by atoms with van der Waals surface area (Å²) >= 11 is 0. The van der Waals surface area contributed by atoms with Gasteiger partial charge in [0.1, 0.15) is 6.42 Å². The maximum atomic E-state index is 11.9. The van der Waals surface area contributed by atoms with Gasteiger partial charge in [0.05, 0.1) is 7.11 Å². The van der Waals surface area contributed by atoms with Gasteiger partial charge in [0.15, 0.2) is 0 Å². The van der Waals surface area contributed by atoms with E-state index >= 15 is 0 Å². The molecule has 0 bridgehead atoms. The minimum Gasteiger partial charge on any atom is -0.469 e. The maximum Gasteiger partial charge on any atom is 0.315 e. The third-order valence-electron chi connectivity index (χ3n) is 3.10. The van der Waals surface area contributed by atoms with Crippen molar-refractivity contribution in [3.8, 4) is 11.1 Å². The number of benzene rings is 2. The standard InChI is InChI=1S/C17H16N2O4/c1-23-16(21)11-15(20)18-19-17(22)14-9-7-13(8-10-14)12-5-3-2-4-6-12/h2-10H,11H2,1H3,(H,18,20)(H,19,22). The Hall–Kier alpha value is -3.15. The van der Waals surface area contributed by atoms with Crippen LogP contribution in [0.25, 0.3) is 11.1 Å². The quantitative estimate of drug-likeness (QED) is 0.511. The summed E-state index contributed by atoms with van der Waals surface area (Å²) in [4.78, 5) is 34.2. The Morgan fingerprint density at radius 1 is 0.870 bits per heavy atom. The first-order valence-electron chi connectivity index (χ1n) is 6.91. The monoisotopic (exact) mass is 312 g/mol. The molecule has 0 aliphatic rings. The summed E-state index contributed by atoms with van der Waals surface area (Å²) in [6, 6.07) is 16.7. The van der Waals surface area contributed by atoms with Crippen molar-refractivity contribution < 1.29 is 19.1 Å². The summed E-state index contributed by atoms with van der Waals surface area (Å²) in [5, 5.41) is 0. The van der Waals surface area contributed by atoms with Crippen LogP contribution in [0.1, 0.15) is 16.8 Å². The van der Waals surface area contributed by atoms with Crippen molar-refractivity contribution in [2.75, 3.05) is 7.11 Å². The van der Waals surface area contributed by atoms with Crippen molar-refractivity contribution in [2.24, 2.45) is 0 Å². The van der Waals surface area contributed by atoms with Gasteiger partial charge in [0.2, 0.25) is 5.91 Å². The summed E-state index contributed by atoms with van der Waals surface area (Å²) in [7, 11) is 1.18. The first-order valence-corrected chi connectivity index (χ1v) is 6.91. The molecule has 2 aromatic carbocycles. The van der Waals surface area contributed by atoms with E-state index in [-0.39, 0.29) is 0 Å². The van der Waals surface area contributed by atoms with Crippen LogP contribution in [0.5, 0.6) is 0 Å². The smallest absolute Gasteiger partial charge is 0.315 e. The highest BCUT2D eigenvalue weighted by Gasteiger charge is 2.11. The number of hydrogen-bond donors (Lipinski definition) is 2. The normalized spacial score (nSPS) is 9.78. The molecule has 2 amide bonds. The van der Waals surface area contributed by atoms with Gasteiger partial charge in [-0.25, -0.2) is 0 Å². The van der Waals surface area contributed by atoms with E-state index in [4.69, 9.17) is 0 Å². The van der Waals surface area contributed by atoms with Crippen LogP contribution in [-0.4, -0.2) is 24.9 Å². The lowest BCUT2D eigenvalue weighted by atomic mass is 10.0. The largest absolute Gasteiger partial charge is 0.469 e. The second kappa shape index (κ2) is 7.74. The van der Waals surface area contributed by atoms with Crippen molar-refractivity contribution in [3.63, 3.8) is 0 Å². The fourth-order valence-electron chi connectivity index (χ4n) is 1.89. The van der Waals surface area contributed by atoms with Crippen molar-refractivity contribution in [1.82, 2.24) is 10.9 Å². The third-order valence-corrected chi connectivity index (χ3v) is 3.10. The van der Waals surface area contributed by atoms with E-state index in [9.17, 15) is 14.4 Å². The Labute approximate surface area is 133 Å². The van der Waals surface area contributed by atoms with Crippen LogP contribution < -0.4 is 10.9 Å². The van der Waals surface area contributed by atoms with E-state index in [1.807, 2.05) is 42.5 Å². The highest BCUT2D eigenvalue weighted by atomic mass is 16.5. The zero-order chi connectivity index (χ0) is 16.7. The number of hydrazine groups is 1. The Morgan fingerprint density at radius 2 is 1.48 bits per heavy atom. The first kappa shape index (κ1) is 16.2. The number of rotatable bonds is 4. The SMILES string of the molecule is COC(=O)CC(=O)NNC(=O)c1ccc(-c2ccccc2)cc1. The molecule has 0 spiro atoms. The highest BCUT2D eigenvalue weighted by Crippen LogP contribution is 2.19. The van der Waals surface area contributed by atoms with E-state index in [2.05, 4.69) is 15.6 Å². The molecule has 0 unspecified atom stereocenters. The van der Waals surface area contributed by atoms with Gasteiger partial charge in [-0.05, 0) is 23.3 Å². The van der Waals surface area contributed by atoms with Crippen LogP contribution in [0.2, 0.25) is 0 Å². The van der Waals surface area contributed by atoms with Gasteiger partial charge in [-0.2, -0.15) is 0 Å². The third kappa shape index (κ3) is 4.67. The first-order chi connectivity index (χ1) is 11.1. The number of carbonyl (C=O) groups is 3. The number of hydrogen-bond acceptors (Lipinski definition) is 4. The molecule has 0 aliphatic heterocycles. The molecule has 6 heteroatoms. The Balaban J connectivity index is 1.93. The molecule has 0 aliphatic carbocycles. The van der Waals surface area contributed by atoms with E-state index in [0.29, 0.717) is 5.56 Å². The molecule has 2 aromatic rings. The number of ether oxygens (including phenoxy) is 1. The minimum absolute atomic E-state index is 0.392. The van der Waals surface area contributed by atoms with E-state index < -0.39 is 24.2 Å². The van der Waals surface area contributed by atoms with E-state index in [1.54, 1.807) is 12.1 Å². The van der Waals surface area contributed by atoms with Gasteiger partial charge in [0, 0.05) is 5.56 Å². The van der Waals surface area contributed by atoms with Crippen molar-refractivity contribution in [3.05, 3.63) is 60.2 Å². The summed E-state index contributed by atoms with van der Waals surface area (Å²) in [6.07, 6.45) is -0.455. The number of esters is 1. The molecule has 2 rings (SSSR count). The minimum atomic E-state index is -0.677. The van der Waals surface area contributed by atoms with Gasteiger partial charge in [0.25, 0.3) is 5.91 Å². The van der Waals surface area contributed by atoms with Gasteiger partial charge >= 0.3 is 5.97 Å². The van der Waals surface area contributed by atoms with Crippen LogP contribution in [0.4, 0.5) is 0 Å². The molecule has 2 N–H and O–H groups in total. The zero-order valence-electron chi connectivity index (χ0n) is 12.5. The lowest BCUT2D eigenvalue weighted by Gasteiger charge is -2.07. The molecule has 0 fully saturated rings. The molecular formula is C17H16N2O4. The molecule has 0 aromatic heterocycles. The van der Waals surface area contributed by atoms with Crippen LogP contribution in [0, 0.1) is 0 Å². The fraction of sp³-hybridized carbons (Fsp3) is 0.118. The number of nitrogens with one attached hydrogen (secondary N) is 2. The topological polar surface area (TPSA) is 84.5 Å². The molecule has 0 saturated carbocycles. The zero-order valence-corrected chi connectivity index (χ0v) is 12.5. The molecule has 0 radical (unpaired) electrons. The summed E-state index contributed by atoms with van der Waals surface area (Å²) in [6.45, 7) is 0.